The Morgan fingerprint density at radius 1 is 1.07 bits per heavy atom. The van der Waals surface area contributed by atoms with Crippen molar-refractivity contribution >= 4 is 17.0 Å². The Bertz CT molecular complexity index is 1020. The van der Waals surface area contributed by atoms with Gasteiger partial charge in [0, 0.05) is 23.2 Å². The van der Waals surface area contributed by atoms with E-state index in [9.17, 15) is 0 Å². The number of allylic oxidation sites excluding steroid dienone is 1. The topological polar surface area (TPSA) is 43.4 Å². The highest BCUT2D eigenvalue weighted by atomic mass is 16.5. The average Bonchev–Trinajstić information content (AvgIpc) is 2.74. The summed E-state index contributed by atoms with van der Waals surface area (Å²) in [5, 5.41) is 4.64. The van der Waals surface area contributed by atoms with Crippen molar-refractivity contribution in [1.82, 2.24) is 10.3 Å². The van der Waals surface area contributed by atoms with Crippen molar-refractivity contribution in [2.75, 3.05) is 14.2 Å². The SMILES string of the molecule is COc1ccc(C=C2CC=CNC2c2ccc3ncccc3c2)c(OC)c1. The fourth-order valence-corrected chi connectivity index (χ4v) is 3.45. The first-order valence-electron chi connectivity index (χ1n) is 8.97. The first kappa shape index (κ1) is 17.2. The standard InChI is InChI=1S/C23H22N2O2/c1-26-20-9-7-17(22(15-20)27-2)14-18-6-4-12-25-23(18)19-8-10-21-16(13-19)5-3-11-24-21/h3-5,7-15,23,25H,6H2,1-2H3. The van der Waals surface area contributed by atoms with Gasteiger partial charge in [-0.25, -0.2) is 0 Å². The van der Waals surface area contributed by atoms with Crippen molar-refractivity contribution in [1.29, 1.82) is 0 Å². The van der Waals surface area contributed by atoms with Crippen molar-refractivity contribution < 1.29 is 9.47 Å². The summed E-state index contributed by atoms with van der Waals surface area (Å²) in [6, 6.07) is 16.5. The van der Waals surface area contributed by atoms with E-state index in [2.05, 4.69) is 46.7 Å². The molecule has 136 valence electrons. The zero-order valence-corrected chi connectivity index (χ0v) is 15.5. The molecule has 0 radical (unpaired) electrons. The number of hydrogen-bond donors (Lipinski definition) is 1. The highest BCUT2D eigenvalue weighted by Crippen LogP contribution is 2.33. The molecule has 2 heterocycles. The summed E-state index contributed by atoms with van der Waals surface area (Å²) in [6.07, 6.45) is 9.08. The molecule has 0 aliphatic carbocycles. The van der Waals surface area contributed by atoms with Crippen LogP contribution in [0.25, 0.3) is 17.0 Å². The van der Waals surface area contributed by atoms with E-state index >= 15 is 0 Å². The van der Waals surface area contributed by atoms with Gasteiger partial charge < -0.3 is 14.8 Å². The molecule has 1 aliphatic rings. The lowest BCUT2D eigenvalue weighted by molar-refractivity contribution is 0.393. The van der Waals surface area contributed by atoms with Crippen molar-refractivity contribution in [2.45, 2.75) is 12.5 Å². The molecule has 0 saturated heterocycles. The number of rotatable bonds is 4. The molecule has 0 saturated carbocycles. The molecular weight excluding hydrogens is 336 g/mol. The van der Waals surface area contributed by atoms with Gasteiger partial charge in [0.25, 0.3) is 0 Å². The molecule has 1 aliphatic heterocycles. The molecule has 4 nitrogen and oxygen atoms in total. The number of aromatic nitrogens is 1. The molecule has 0 fully saturated rings. The molecule has 1 unspecified atom stereocenters. The number of methoxy groups -OCH3 is 2. The fraction of sp³-hybridized carbons (Fsp3) is 0.174. The second-order valence-corrected chi connectivity index (χ2v) is 6.49. The summed E-state index contributed by atoms with van der Waals surface area (Å²) in [6.45, 7) is 0. The number of nitrogens with zero attached hydrogens (tertiary/aromatic N) is 1. The smallest absolute Gasteiger partial charge is 0.129 e. The van der Waals surface area contributed by atoms with Crippen LogP contribution in [0, 0.1) is 0 Å². The van der Waals surface area contributed by atoms with E-state index in [1.165, 1.54) is 11.1 Å². The number of benzene rings is 2. The zero-order chi connectivity index (χ0) is 18.6. The Hall–Kier alpha value is -3.27. The van der Waals surface area contributed by atoms with Crippen LogP contribution < -0.4 is 14.8 Å². The van der Waals surface area contributed by atoms with Gasteiger partial charge in [0.05, 0.1) is 25.8 Å². The van der Waals surface area contributed by atoms with Crippen LogP contribution in [-0.4, -0.2) is 19.2 Å². The van der Waals surface area contributed by atoms with Crippen molar-refractivity contribution in [3.05, 3.63) is 83.7 Å². The second-order valence-electron chi connectivity index (χ2n) is 6.49. The zero-order valence-electron chi connectivity index (χ0n) is 15.5. The van der Waals surface area contributed by atoms with Crippen molar-refractivity contribution in [2.24, 2.45) is 0 Å². The largest absolute Gasteiger partial charge is 0.497 e. The maximum Gasteiger partial charge on any atom is 0.129 e. The van der Waals surface area contributed by atoms with E-state index in [0.29, 0.717) is 0 Å². The molecule has 3 aromatic rings. The molecule has 0 bridgehead atoms. The van der Waals surface area contributed by atoms with Crippen LogP contribution in [0.2, 0.25) is 0 Å². The normalized spacial score (nSPS) is 17.7. The van der Waals surface area contributed by atoms with Crippen molar-refractivity contribution in [3.63, 3.8) is 0 Å². The third kappa shape index (κ3) is 3.51. The summed E-state index contributed by atoms with van der Waals surface area (Å²) >= 11 is 0. The highest BCUT2D eigenvalue weighted by molar-refractivity contribution is 5.79. The minimum atomic E-state index is 0.117. The first-order valence-corrected chi connectivity index (χ1v) is 8.97. The summed E-state index contributed by atoms with van der Waals surface area (Å²) in [4.78, 5) is 4.42. The van der Waals surface area contributed by atoms with Gasteiger partial charge in [-0.2, -0.15) is 0 Å². The quantitative estimate of drug-likeness (QED) is 0.722. The van der Waals surface area contributed by atoms with E-state index in [0.717, 1.165) is 34.4 Å². The Labute approximate surface area is 159 Å². The molecule has 4 heteroatoms. The van der Waals surface area contributed by atoms with E-state index in [4.69, 9.17) is 9.47 Å². The number of ether oxygens (including phenoxy) is 2. The summed E-state index contributed by atoms with van der Waals surface area (Å²) < 4.78 is 10.9. The molecule has 1 aromatic heterocycles. The third-order valence-corrected chi connectivity index (χ3v) is 4.85. The molecule has 1 N–H and O–H groups in total. The lowest BCUT2D eigenvalue weighted by atomic mass is 9.91. The first-order chi connectivity index (χ1) is 13.3. The monoisotopic (exact) mass is 358 g/mol. The second kappa shape index (κ2) is 7.54. The number of nitrogens with one attached hydrogen (secondary N) is 1. The van der Waals surface area contributed by atoms with Gasteiger partial charge in [0.15, 0.2) is 0 Å². The highest BCUT2D eigenvalue weighted by Gasteiger charge is 2.18. The van der Waals surface area contributed by atoms with Crippen LogP contribution in [0.1, 0.15) is 23.6 Å². The lowest BCUT2D eigenvalue weighted by Gasteiger charge is -2.25. The van der Waals surface area contributed by atoms with Crippen LogP contribution in [0.5, 0.6) is 11.5 Å². The van der Waals surface area contributed by atoms with Crippen molar-refractivity contribution in [3.8, 4) is 11.5 Å². The number of fused-ring (bicyclic) bond motifs is 1. The van der Waals surface area contributed by atoms with Gasteiger partial charge in [-0.3, -0.25) is 4.98 Å². The van der Waals surface area contributed by atoms with Crippen LogP contribution >= 0.6 is 0 Å². The Kier molecular flexibility index (Phi) is 4.79. The van der Waals surface area contributed by atoms with Gasteiger partial charge in [0.2, 0.25) is 0 Å². The van der Waals surface area contributed by atoms with Gasteiger partial charge >= 0.3 is 0 Å². The van der Waals surface area contributed by atoms with Gasteiger partial charge in [-0.05, 0) is 60.2 Å². The number of pyridine rings is 1. The van der Waals surface area contributed by atoms with Gasteiger partial charge in [-0.15, -0.1) is 0 Å². The van der Waals surface area contributed by atoms with Crippen LogP contribution in [0.4, 0.5) is 0 Å². The van der Waals surface area contributed by atoms with E-state index in [-0.39, 0.29) is 6.04 Å². The van der Waals surface area contributed by atoms with Crippen LogP contribution in [-0.2, 0) is 0 Å². The maximum atomic E-state index is 5.56. The predicted molar refractivity (Wildman–Crippen MR) is 109 cm³/mol. The maximum absolute atomic E-state index is 5.56. The number of hydrogen-bond acceptors (Lipinski definition) is 4. The molecule has 0 amide bonds. The van der Waals surface area contributed by atoms with E-state index in [1.807, 2.05) is 36.7 Å². The summed E-state index contributed by atoms with van der Waals surface area (Å²) in [7, 11) is 3.34. The minimum Gasteiger partial charge on any atom is -0.497 e. The van der Waals surface area contributed by atoms with Crippen LogP contribution in [0.15, 0.2) is 72.6 Å². The molecule has 27 heavy (non-hydrogen) atoms. The molecule has 1 atom stereocenters. The van der Waals surface area contributed by atoms with Gasteiger partial charge in [-0.1, -0.05) is 18.2 Å². The Morgan fingerprint density at radius 2 is 2.00 bits per heavy atom. The summed E-state index contributed by atoms with van der Waals surface area (Å²) in [5.41, 5.74) is 4.55. The Morgan fingerprint density at radius 3 is 2.85 bits per heavy atom. The molecule has 2 aromatic carbocycles. The molecule has 4 rings (SSSR count). The molecular formula is C23H22N2O2. The minimum absolute atomic E-state index is 0.117. The van der Waals surface area contributed by atoms with E-state index < -0.39 is 0 Å². The average molecular weight is 358 g/mol. The fourth-order valence-electron chi connectivity index (χ4n) is 3.45. The van der Waals surface area contributed by atoms with Gasteiger partial charge in [0.1, 0.15) is 11.5 Å². The molecule has 0 spiro atoms. The summed E-state index contributed by atoms with van der Waals surface area (Å²) in [5.74, 6) is 1.59. The predicted octanol–water partition coefficient (Wildman–Crippen LogP) is 4.88. The Balaban J connectivity index is 1.74. The lowest BCUT2D eigenvalue weighted by Crippen LogP contribution is -2.20. The van der Waals surface area contributed by atoms with E-state index in [1.54, 1.807) is 14.2 Å². The third-order valence-electron chi connectivity index (χ3n) is 4.85. The van der Waals surface area contributed by atoms with Crippen LogP contribution in [0.3, 0.4) is 0 Å².